The van der Waals surface area contributed by atoms with Gasteiger partial charge < -0.3 is 5.32 Å². The minimum atomic E-state index is -0.0771. The van der Waals surface area contributed by atoms with Crippen molar-refractivity contribution in [2.45, 2.75) is 18.9 Å². The van der Waals surface area contributed by atoms with E-state index in [1.54, 1.807) is 7.05 Å². The van der Waals surface area contributed by atoms with Crippen LogP contribution in [0.1, 0.15) is 12.8 Å². The number of hydrogen-bond acceptors (Lipinski definition) is 4. The van der Waals surface area contributed by atoms with E-state index in [0.29, 0.717) is 5.95 Å². The third-order valence-corrected chi connectivity index (χ3v) is 2.32. The Bertz CT molecular complexity index is 328. The molecule has 76 valence electrons. The number of rotatable bonds is 2. The molecular weight excluding hydrogens is 182 g/mol. The second-order valence-electron chi connectivity index (χ2n) is 3.35. The third-order valence-electron chi connectivity index (χ3n) is 2.32. The van der Waals surface area contributed by atoms with Crippen LogP contribution in [0.4, 0.5) is 5.95 Å². The highest BCUT2D eigenvalue weighted by Gasteiger charge is 2.22. The van der Waals surface area contributed by atoms with Crippen LogP contribution >= 0.6 is 0 Å². The maximum Gasteiger partial charge on any atom is 0.243 e. The van der Waals surface area contributed by atoms with Gasteiger partial charge in [-0.25, -0.2) is 4.68 Å². The summed E-state index contributed by atoms with van der Waals surface area (Å²) in [6.45, 7) is 0.914. The Morgan fingerprint density at radius 3 is 3.21 bits per heavy atom. The smallest absolute Gasteiger partial charge is 0.243 e. The van der Waals surface area contributed by atoms with E-state index in [9.17, 15) is 4.79 Å². The van der Waals surface area contributed by atoms with Gasteiger partial charge in [-0.1, -0.05) is 0 Å². The third kappa shape index (κ3) is 1.74. The average Bonchev–Trinajstić information content (AvgIpc) is 2.77. The second kappa shape index (κ2) is 3.75. The lowest BCUT2D eigenvalue weighted by molar-refractivity contribution is -0.117. The van der Waals surface area contributed by atoms with Gasteiger partial charge in [-0.2, -0.15) is 10.1 Å². The van der Waals surface area contributed by atoms with E-state index in [4.69, 9.17) is 0 Å². The highest BCUT2D eigenvalue weighted by molar-refractivity contribution is 5.93. The Balaban J connectivity index is 1.97. The van der Waals surface area contributed by atoms with Crippen LogP contribution in [0.15, 0.2) is 6.33 Å². The molecule has 2 rings (SSSR count). The fourth-order valence-electron chi connectivity index (χ4n) is 1.52. The van der Waals surface area contributed by atoms with Gasteiger partial charge in [0, 0.05) is 7.05 Å². The van der Waals surface area contributed by atoms with Crippen LogP contribution in [-0.4, -0.2) is 33.3 Å². The summed E-state index contributed by atoms with van der Waals surface area (Å²) in [5.74, 6) is 0.460. The quantitative estimate of drug-likeness (QED) is 0.667. The van der Waals surface area contributed by atoms with Crippen LogP contribution in [0.25, 0.3) is 0 Å². The van der Waals surface area contributed by atoms with Crippen molar-refractivity contribution in [1.29, 1.82) is 0 Å². The predicted molar refractivity (Wildman–Crippen MR) is 50.7 cm³/mol. The van der Waals surface area contributed by atoms with E-state index in [-0.39, 0.29) is 11.9 Å². The van der Waals surface area contributed by atoms with Gasteiger partial charge in [0.05, 0.1) is 6.04 Å². The summed E-state index contributed by atoms with van der Waals surface area (Å²) >= 11 is 0. The van der Waals surface area contributed by atoms with Crippen molar-refractivity contribution in [2.24, 2.45) is 7.05 Å². The molecule has 1 aromatic rings. The van der Waals surface area contributed by atoms with Crippen LogP contribution in [0.2, 0.25) is 0 Å². The molecule has 2 N–H and O–H groups in total. The summed E-state index contributed by atoms with van der Waals surface area (Å²) in [5, 5.41) is 9.71. The number of carbonyl (C=O) groups is 1. The molecule has 0 bridgehead atoms. The summed E-state index contributed by atoms with van der Waals surface area (Å²) in [6, 6.07) is -0.0771. The van der Waals surface area contributed by atoms with Gasteiger partial charge in [0.15, 0.2) is 0 Å². The van der Waals surface area contributed by atoms with E-state index < -0.39 is 0 Å². The lowest BCUT2D eigenvalue weighted by Crippen LogP contribution is -2.36. The fourth-order valence-corrected chi connectivity index (χ4v) is 1.52. The van der Waals surface area contributed by atoms with Crippen LogP contribution in [-0.2, 0) is 11.8 Å². The number of aromatic nitrogens is 3. The maximum absolute atomic E-state index is 11.6. The number of nitrogens with zero attached hydrogens (tertiary/aromatic N) is 3. The van der Waals surface area contributed by atoms with Gasteiger partial charge in [0.25, 0.3) is 0 Å². The fraction of sp³-hybridized carbons (Fsp3) is 0.625. The molecule has 1 fully saturated rings. The first-order chi connectivity index (χ1) is 6.77. The number of aryl methyl sites for hydroxylation is 1. The first kappa shape index (κ1) is 9.14. The van der Waals surface area contributed by atoms with Gasteiger partial charge in [-0.15, -0.1) is 0 Å². The van der Waals surface area contributed by atoms with Gasteiger partial charge in [-0.3, -0.25) is 10.1 Å². The molecule has 2 heterocycles. The average molecular weight is 195 g/mol. The monoisotopic (exact) mass is 195 g/mol. The zero-order valence-electron chi connectivity index (χ0n) is 8.03. The number of nitrogens with one attached hydrogen (secondary N) is 2. The molecule has 0 unspecified atom stereocenters. The number of anilines is 1. The molecule has 1 amide bonds. The minimum absolute atomic E-state index is 0.0291. The van der Waals surface area contributed by atoms with Crippen molar-refractivity contribution < 1.29 is 4.79 Å². The Hall–Kier alpha value is -1.43. The Labute approximate surface area is 81.7 Å². The highest BCUT2D eigenvalue weighted by atomic mass is 16.2. The first-order valence-corrected chi connectivity index (χ1v) is 4.65. The Morgan fingerprint density at radius 1 is 1.79 bits per heavy atom. The lowest BCUT2D eigenvalue weighted by atomic mass is 10.2. The largest absolute Gasteiger partial charge is 0.306 e. The van der Waals surface area contributed by atoms with Crippen molar-refractivity contribution in [3.63, 3.8) is 0 Å². The summed E-state index contributed by atoms with van der Waals surface area (Å²) in [7, 11) is 1.74. The van der Waals surface area contributed by atoms with Gasteiger partial charge in [0.1, 0.15) is 6.33 Å². The summed E-state index contributed by atoms with van der Waals surface area (Å²) in [4.78, 5) is 15.5. The normalized spacial score (nSPS) is 21.1. The van der Waals surface area contributed by atoms with Gasteiger partial charge >= 0.3 is 0 Å². The van der Waals surface area contributed by atoms with Crippen molar-refractivity contribution in [3.05, 3.63) is 6.33 Å². The van der Waals surface area contributed by atoms with Gasteiger partial charge in [-0.05, 0) is 19.4 Å². The van der Waals surface area contributed by atoms with Crippen LogP contribution in [0, 0.1) is 0 Å². The number of amides is 1. The standard InChI is InChI=1S/C8H13N5O/c1-13-8(10-5-11-13)12-7(14)6-3-2-4-9-6/h5-6,9H,2-4H2,1H3,(H,10,11,12,14)/t6-/m0/s1. The summed E-state index contributed by atoms with van der Waals surface area (Å²) in [5.41, 5.74) is 0. The minimum Gasteiger partial charge on any atom is -0.306 e. The zero-order chi connectivity index (χ0) is 9.97. The molecule has 0 radical (unpaired) electrons. The first-order valence-electron chi connectivity index (χ1n) is 4.65. The number of hydrogen-bond donors (Lipinski definition) is 2. The van der Waals surface area contributed by atoms with Crippen LogP contribution < -0.4 is 10.6 Å². The molecule has 1 saturated heterocycles. The Morgan fingerprint density at radius 2 is 2.64 bits per heavy atom. The van der Waals surface area contributed by atoms with Crippen molar-refractivity contribution in [2.75, 3.05) is 11.9 Å². The van der Waals surface area contributed by atoms with E-state index in [0.717, 1.165) is 19.4 Å². The van der Waals surface area contributed by atoms with E-state index in [1.807, 2.05) is 0 Å². The zero-order valence-corrected chi connectivity index (χ0v) is 8.03. The SMILES string of the molecule is Cn1ncnc1NC(=O)[C@@H]1CCCN1. The Kier molecular flexibility index (Phi) is 2.45. The molecule has 1 aliphatic heterocycles. The summed E-state index contributed by atoms with van der Waals surface area (Å²) in [6.07, 6.45) is 3.36. The number of carbonyl (C=O) groups excluding carboxylic acids is 1. The second-order valence-corrected chi connectivity index (χ2v) is 3.35. The van der Waals surface area contributed by atoms with E-state index in [1.165, 1.54) is 11.0 Å². The summed E-state index contributed by atoms with van der Waals surface area (Å²) < 4.78 is 1.53. The van der Waals surface area contributed by atoms with E-state index in [2.05, 4.69) is 20.7 Å². The molecule has 0 saturated carbocycles. The van der Waals surface area contributed by atoms with Gasteiger partial charge in [0.2, 0.25) is 11.9 Å². The maximum atomic E-state index is 11.6. The van der Waals surface area contributed by atoms with Crippen molar-refractivity contribution >= 4 is 11.9 Å². The molecule has 0 aromatic carbocycles. The topological polar surface area (TPSA) is 71.8 Å². The molecule has 14 heavy (non-hydrogen) atoms. The molecular formula is C8H13N5O. The predicted octanol–water partition coefficient (Wildman–Crippen LogP) is -0.494. The van der Waals surface area contributed by atoms with Crippen molar-refractivity contribution in [1.82, 2.24) is 20.1 Å². The molecule has 1 atom stereocenters. The highest BCUT2D eigenvalue weighted by Crippen LogP contribution is 2.07. The van der Waals surface area contributed by atoms with E-state index >= 15 is 0 Å². The molecule has 6 heteroatoms. The van der Waals surface area contributed by atoms with Crippen LogP contribution in [0.5, 0.6) is 0 Å². The molecule has 0 spiro atoms. The lowest BCUT2D eigenvalue weighted by Gasteiger charge is -2.09. The molecule has 0 aliphatic carbocycles. The molecule has 1 aliphatic rings. The van der Waals surface area contributed by atoms with Crippen molar-refractivity contribution in [3.8, 4) is 0 Å². The van der Waals surface area contributed by atoms with Crippen LogP contribution in [0.3, 0.4) is 0 Å². The molecule has 6 nitrogen and oxygen atoms in total. The molecule has 1 aromatic heterocycles.